The number of benzene rings is 1. The van der Waals surface area contributed by atoms with Gasteiger partial charge in [-0.05, 0) is 45.7 Å². The minimum Gasteiger partial charge on any atom is -0.375 e. The molecule has 0 aliphatic heterocycles. The molecule has 0 aliphatic rings. The molecule has 5 heteroatoms. The molecule has 0 bridgehead atoms. The van der Waals surface area contributed by atoms with Crippen molar-refractivity contribution in [2.24, 2.45) is 0 Å². The Hall–Kier alpha value is -0.883. The zero-order valence-electron chi connectivity index (χ0n) is 14.5. The van der Waals surface area contributed by atoms with Crippen LogP contribution in [0, 0.1) is 0 Å². The van der Waals surface area contributed by atoms with E-state index < -0.39 is 8.80 Å². The Labute approximate surface area is 136 Å². The van der Waals surface area contributed by atoms with Crippen molar-refractivity contribution in [3.63, 3.8) is 0 Å². The third kappa shape index (κ3) is 6.48. The highest BCUT2D eigenvalue weighted by Crippen LogP contribution is 2.20. The third-order valence-electron chi connectivity index (χ3n) is 3.52. The van der Waals surface area contributed by atoms with E-state index in [9.17, 15) is 0 Å². The summed E-state index contributed by atoms with van der Waals surface area (Å²) < 4.78 is 17.6. The van der Waals surface area contributed by atoms with Crippen molar-refractivity contribution < 1.29 is 13.3 Å². The molecule has 0 fully saturated rings. The molecule has 0 N–H and O–H groups in total. The number of hydrogen-bond acceptors (Lipinski definition) is 4. The van der Waals surface area contributed by atoms with Crippen molar-refractivity contribution in [1.82, 2.24) is 0 Å². The lowest BCUT2D eigenvalue weighted by Crippen LogP contribution is -2.46. The van der Waals surface area contributed by atoms with E-state index in [4.69, 9.17) is 13.3 Å². The molecule has 0 radical (unpaired) electrons. The van der Waals surface area contributed by atoms with Gasteiger partial charge in [-0.15, -0.1) is 0 Å². The van der Waals surface area contributed by atoms with Crippen LogP contribution in [0.1, 0.15) is 33.6 Å². The summed E-state index contributed by atoms with van der Waals surface area (Å²) in [6.45, 7) is 8.98. The van der Waals surface area contributed by atoms with E-state index in [1.165, 1.54) is 5.69 Å². The SMILES string of the molecule is CCO[Si](CCCCN(C)c1ccccc1)(OCC)OCC. The van der Waals surface area contributed by atoms with Crippen LogP contribution in [0.5, 0.6) is 0 Å². The molecule has 1 rings (SSSR count). The highest BCUT2D eigenvalue weighted by molar-refractivity contribution is 6.60. The molecule has 0 unspecified atom stereocenters. The van der Waals surface area contributed by atoms with Gasteiger partial charge in [-0.25, -0.2) is 0 Å². The van der Waals surface area contributed by atoms with Crippen molar-refractivity contribution in [2.45, 2.75) is 39.7 Å². The zero-order valence-corrected chi connectivity index (χ0v) is 15.5. The van der Waals surface area contributed by atoms with Gasteiger partial charge in [0.2, 0.25) is 0 Å². The summed E-state index contributed by atoms with van der Waals surface area (Å²) in [4.78, 5) is 2.28. The Morgan fingerprint density at radius 1 is 0.864 bits per heavy atom. The van der Waals surface area contributed by atoms with E-state index in [1.54, 1.807) is 0 Å². The molecule has 4 nitrogen and oxygen atoms in total. The molecule has 0 atom stereocenters. The molecule has 0 saturated heterocycles. The lowest BCUT2D eigenvalue weighted by atomic mass is 10.2. The summed E-state index contributed by atoms with van der Waals surface area (Å²) >= 11 is 0. The van der Waals surface area contributed by atoms with E-state index in [0.29, 0.717) is 19.8 Å². The lowest BCUT2D eigenvalue weighted by molar-refractivity contribution is 0.0707. The fourth-order valence-corrected chi connectivity index (χ4v) is 5.19. The molecule has 0 heterocycles. The van der Waals surface area contributed by atoms with Gasteiger partial charge in [0.25, 0.3) is 0 Å². The summed E-state index contributed by atoms with van der Waals surface area (Å²) in [5.74, 6) is 0. The van der Waals surface area contributed by atoms with E-state index in [2.05, 4.69) is 36.2 Å². The summed E-state index contributed by atoms with van der Waals surface area (Å²) in [5.41, 5.74) is 1.26. The first-order chi connectivity index (χ1) is 10.7. The molecule has 22 heavy (non-hydrogen) atoms. The maximum absolute atomic E-state index is 5.88. The van der Waals surface area contributed by atoms with Crippen LogP contribution in [0.25, 0.3) is 0 Å². The topological polar surface area (TPSA) is 30.9 Å². The first-order valence-corrected chi connectivity index (χ1v) is 10.3. The predicted octanol–water partition coefficient (Wildman–Crippen LogP) is 3.95. The molecule has 0 amide bonds. The summed E-state index contributed by atoms with van der Waals surface area (Å²) in [5, 5.41) is 0. The number of anilines is 1. The van der Waals surface area contributed by atoms with E-state index in [-0.39, 0.29) is 0 Å². The quantitative estimate of drug-likeness (QED) is 0.430. The van der Waals surface area contributed by atoms with Gasteiger partial charge in [0.15, 0.2) is 0 Å². The van der Waals surface area contributed by atoms with E-state index in [0.717, 1.165) is 25.4 Å². The Morgan fingerprint density at radius 2 is 1.41 bits per heavy atom. The van der Waals surface area contributed by atoms with Gasteiger partial charge in [0.1, 0.15) is 0 Å². The van der Waals surface area contributed by atoms with Gasteiger partial charge in [0, 0.05) is 45.1 Å². The zero-order chi connectivity index (χ0) is 16.3. The number of unbranched alkanes of at least 4 members (excludes halogenated alkanes) is 1. The fourth-order valence-electron chi connectivity index (χ4n) is 2.50. The van der Waals surface area contributed by atoms with Gasteiger partial charge >= 0.3 is 8.80 Å². The molecule has 1 aromatic carbocycles. The Morgan fingerprint density at radius 3 is 1.91 bits per heavy atom. The van der Waals surface area contributed by atoms with Crippen LogP contribution in [0.3, 0.4) is 0 Å². The first kappa shape index (κ1) is 19.2. The summed E-state index contributed by atoms with van der Waals surface area (Å²) in [7, 11) is -0.333. The van der Waals surface area contributed by atoms with Crippen LogP contribution in [0.4, 0.5) is 5.69 Å². The second-order valence-electron chi connectivity index (χ2n) is 5.20. The highest BCUT2D eigenvalue weighted by Gasteiger charge is 2.39. The Kier molecular flexibility index (Phi) is 9.39. The van der Waals surface area contributed by atoms with Gasteiger partial charge in [-0.1, -0.05) is 18.2 Å². The first-order valence-electron chi connectivity index (χ1n) is 8.35. The highest BCUT2D eigenvalue weighted by atomic mass is 28.4. The van der Waals surface area contributed by atoms with Crippen molar-refractivity contribution in [1.29, 1.82) is 0 Å². The van der Waals surface area contributed by atoms with Crippen LogP contribution < -0.4 is 4.90 Å². The van der Waals surface area contributed by atoms with Crippen molar-refractivity contribution in [2.75, 3.05) is 38.3 Å². The maximum Gasteiger partial charge on any atom is 0.500 e. The van der Waals surface area contributed by atoms with Crippen molar-refractivity contribution >= 4 is 14.5 Å². The molecule has 1 aromatic rings. The monoisotopic (exact) mass is 325 g/mol. The van der Waals surface area contributed by atoms with Crippen LogP contribution >= 0.6 is 0 Å². The van der Waals surface area contributed by atoms with E-state index in [1.807, 2.05) is 26.8 Å². The second kappa shape index (κ2) is 10.8. The number of nitrogens with zero attached hydrogens (tertiary/aromatic N) is 1. The Balaban J connectivity index is 2.41. The summed E-state index contributed by atoms with van der Waals surface area (Å²) in [6, 6.07) is 11.4. The van der Waals surface area contributed by atoms with Crippen LogP contribution in [0.2, 0.25) is 6.04 Å². The molecule has 0 spiro atoms. The van der Waals surface area contributed by atoms with Crippen LogP contribution in [-0.4, -0.2) is 42.2 Å². The van der Waals surface area contributed by atoms with Crippen LogP contribution in [-0.2, 0) is 13.3 Å². The number of hydrogen-bond donors (Lipinski definition) is 0. The number of para-hydroxylation sites is 1. The standard InChI is InChI=1S/C17H31NO3Si/c1-5-19-22(20-6-2,21-7-3)16-12-11-15-18(4)17-13-9-8-10-14-17/h8-10,13-14H,5-7,11-12,15-16H2,1-4H3. The molecule has 0 aliphatic carbocycles. The normalized spacial score (nSPS) is 11.6. The van der Waals surface area contributed by atoms with Gasteiger partial charge in [-0.2, -0.15) is 0 Å². The van der Waals surface area contributed by atoms with Crippen LogP contribution in [0.15, 0.2) is 30.3 Å². The lowest BCUT2D eigenvalue weighted by Gasteiger charge is -2.28. The van der Waals surface area contributed by atoms with Gasteiger partial charge in [0.05, 0.1) is 0 Å². The van der Waals surface area contributed by atoms with Crippen molar-refractivity contribution in [3.8, 4) is 0 Å². The maximum atomic E-state index is 5.88. The predicted molar refractivity (Wildman–Crippen MR) is 94.4 cm³/mol. The average molecular weight is 326 g/mol. The molecule has 126 valence electrons. The molecular weight excluding hydrogens is 294 g/mol. The minimum absolute atomic E-state index is 0.649. The third-order valence-corrected chi connectivity index (χ3v) is 6.67. The molecular formula is C17H31NO3Si. The summed E-state index contributed by atoms with van der Waals surface area (Å²) in [6.07, 6.45) is 2.16. The largest absolute Gasteiger partial charge is 0.500 e. The van der Waals surface area contributed by atoms with Gasteiger partial charge in [-0.3, -0.25) is 0 Å². The average Bonchev–Trinajstić information content (AvgIpc) is 2.53. The van der Waals surface area contributed by atoms with Gasteiger partial charge < -0.3 is 18.2 Å². The second-order valence-corrected chi connectivity index (χ2v) is 7.93. The minimum atomic E-state index is -2.47. The molecule has 0 saturated carbocycles. The smallest absolute Gasteiger partial charge is 0.375 e. The van der Waals surface area contributed by atoms with Crippen molar-refractivity contribution in [3.05, 3.63) is 30.3 Å². The van der Waals surface area contributed by atoms with E-state index >= 15 is 0 Å². The fraction of sp³-hybridized carbons (Fsp3) is 0.647. The Bertz CT molecular complexity index is 372. The molecule has 0 aromatic heterocycles. The number of rotatable bonds is 12.